The molecule has 5 heteroatoms. The Balaban J connectivity index is 2.35. The van der Waals surface area contributed by atoms with Crippen molar-refractivity contribution in [3.8, 4) is 6.07 Å². The van der Waals surface area contributed by atoms with E-state index in [0.29, 0.717) is 13.2 Å². The number of carbonyl (C=O) groups is 1. The van der Waals surface area contributed by atoms with Crippen molar-refractivity contribution in [1.82, 2.24) is 4.90 Å². The van der Waals surface area contributed by atoms with Gasteiger partial charge in [-0.1, -0.05) is 0 Å². The van der Waals surface area contributed by atoms with Gasteiger partial charge >= 0.3 is 5.97 Å². The summed E-state index contributed by atoms with van der Waals surface area (Å²) in [6, 6.07) is 1.49. The number of hydrogen-bond donors (Lipinski definition) is 0. The van der Waals surface area contributed by atoms with Crippen LogP contribution < -0.4 is 0 Å². The Bertz CT molecular complexity index is 231. The summed E-state index contributed by atoms with van der Waals surface area (Å²) < 4.78 is 9.89. The van der Waals surface area contributed by atoms with Gasteiger partial charge in [-0.05, 0) is 6.92 Å². The van der Waals surface area contributed by atoms with E-state index in [1.54, 1.807) is 13.0 Å². The Kier molecular flexibility index (Phi) is 4.36. The average molecular weight is 198 g/mol. The summed E-state index contributed by atoms with van der Waals surface area (Å²) >= 11 is 0. The van der Waals surface area contributed by atoms with E-state index < -0.39 is 0 Å². The number of nitriles is 1. The Labute approximate surface area is 83.2 Å². The molecule has 0 amide bonds. The second kappa shape index (κ2) is 5.58. The maximum Gasteiger partial charge on any atom is 0.324 e. The van der Waals surface area contributed by atoms with Crippen LogP contribution in [0.25, 0.3) is 0 Å². The van der Waals surface area contributed by atoms with Gasteiger partial charge in [-0.25, -0.2) is 0 Å². The highest BCUT2D eigenvalue weighted by molar-refractivity contribution is 5.75. The van der Waals surface area contributed by atoms with Crippen molar-refractivity contribution in [2.24, 2.45) is 0 Å². The van der Waals surface area contributed by atoms with E-state index in [0.717, 1.165) is 13.1 Å². The molecular weight excluding hydrogens is 184 g/mol. The van der Waals surface area contributed by atoms with Crippen LogP contribution in [0.1, 0.15) is 6.92 Å². The second-order valence-corrected chi connectivity index (χ2v) is 3.09. The van der Waals surface area contributed by atoms with Gasteiger partial charge in [0.2, 0.25) is 0 Å². The van der Waals surface area contributed by atoms with Crippen molar-refractivity contribution in [3.05, 3.63) is 0 Å². The third kappa shape index (κ3) is 2.98. The molecule has 5 nitrogen and oxygen atoms in total. The minimum atomic E-state index is -0.339. The Hall–Kier alpha value is -1.12. The van der Waals surface area contributed by atoms with E-state index in [-0.39, 0.29) is 18.6 Å². The monoisotopic (exact) mass is 198 g/mol. The number of rotatable bonds is 3. The molecule has 1 atom stereocenters. The quantitative estimate of drug-likeness (QED) is 0.586. The first-order valence-electron chi connectivity index (χ1n) is 4.61. The maximum atomic E-state index is 11.3. The van der Waals surface area contributed by atoms with Crippen molar-refractivity contribution in [3.63, 3.8) is 0 Å². The molecule has 0 saturated carbocycles. The fourth-order valence-corrected chi connectivity index (χ4v) is 1.34. The zero-order valence-corrected chi connectivity index (χ0v) is 8.23. The van der Waals surface area contributed by atoms with E-state index in [1.807, 2.05) is 4.90 Å². The lowest BCUT2D eigenvalue weighted by Gasteiger charge is -2.30. The highest BCUT2D eigenvalue weighted by Gasteiger charge is 2.23. The third-order valence-electron chi connectivity index (χ3n) is 2.21. The first kappa shape index (κ1) is 11.0. The molecule has 0 N–H and O–H groups in total. The SMILES string of the molecule is CC(C(=O)OCC#N)N1CCOCC1. The summed E-state index contributed by atoms with van der Waals surface area (Å²) in [5.41, 5.74) is 0. The lowest BCUT2D eigenvalue weighted by molar-refractivity contribution is -0.149. The Morgan fingerprint density at radius 1 is 1.64 bits per heavy atom. The molecule has 0 aromatic carbocycles. The van der Waals surface area contributed by atoms with Crippen LogP contribution in [0.15, 0.2) is 0 Å². The first-order chi connectivity index (χ1) is 6.75. The summed E-state index contributed by atoms with van der Waals surface area (Å²) in [5.74, 6) is -0.339. The van der Waals surface area contributed by atoms with Gasteiger partial charge in [0.05, 0.1) is 13.2 Å². The number of hydrogen-bond acceptors (Lipinski definition) is 5. The van der Waals surface area contributed by atoms with Crippen LogP contribution in [-0.4, -0.2) is 49.8 Å². The zero-order valence-electron chi connectivity index (χ0n) is 8.23. The van der Waals surface area contributed by atoms with Crippen LogP contribution in [0, 0.1) is 11.3 Å². The summed E-state index contributed by atoms with van der Waals surface area (Å²) in [7, 11) is 0. The summed E-state index contributed by atoms with van der Waals surface area (Å²) in [6.45, 7) is 4.38. The standard InChI is InChI=1S/C9H14N2O3/c1-8(9(12)14-5-2-10)11-3-6-13-7-4-11/h8H,3-7H2,1H3. The van der Waals surface area contributed by atoms with E-state index in [1.165, 1.54) is 0 Å². The molecule has 1 saturated heterocycles. The highest BCUT2D eigenvalue weighted by atomic mass is 16.5. The molecule has 1 fully saturated rings. The van der Waals surface area contributed by atoms with E-state index in [4.69, 9.17) is 14.7 Å². The van der Waals surface area contributed by atoms with Crippen molar-refractivity contribution < 1.29 is 14.3 Å². The van der Waals surface area contributed by atoms with Crippen molar-refractivity contribution in [1.29, 1.82) is 5.26 Å². The topological polar surface area (TPSA) is 62.6 Å². The van der Waals surface area contributed by atoms with Gasteiger partial charge in [-0.2, -0.15) is 5.26 Å². The van der Waals surface area contributed by atoms with Gasteiger partial charge in [-0.3, -0.25) is 9.69 Å². The molecule has 14 heavy (non-hydrogen) atoms. The number of morpholine rings is 1. The van der Waals surface area contributed by atoms with Gasteiger partial charge in [-0.15, -0.1) is 0 Å². The molecular formula is C9H14N2O3. The van der Waals surface area contributed by atoms with E-state index in [9.17, 15) is 4.79 Å². The molecule has 0 aromatic rings. The minimum Gasteiger partial charge on any atom is -0.449 e. The second-order valence-electron chi connectivity index (χ2n) is 3.09. The van der Waals surface area contributed by atoms with Crippen LogP contribution >= 0.6 is 0 Å². The predicted octanol–water partition coefficient (Wildman–Crippen LogP) is -0.226. The molecule has 0 spiro atoms. The number of nitrogens with zero attached hydrogens (tertiary/aromatic N) is 2. The molecule has 0 aromatic heterocycles. The maximum absolute atomic E-state index is 11.3. The molecule has 1 aliphatic heterocycles. The van der Waals surface area contributed by atoms with Crippen molar-refractivity contribution in [2.45, 2.75) is 13.0 Å². The number of carbonyl (C=O) groups excluding carboxylic acids is 1. The molecule has 0 radical (unpaired) electrons. The van der Waals surface area contributed by atoms with Gasteiger partial charge in [0.1, 0.15) is 12.1 Å². The van der Waals surface area contributed by atoms with Crippen molar-refractivity contribution >= 4 is 5.97 Å². The molecule has 78 valence electrons. The fourth-order valence-electron chi connectivity index (χ4n) is 1.34. The Morgan fingerprint density at radius 3 is 2.86 bits per heavy atom. The molecule has 0 aliphatic carbocycles. The van der Waals surface area contributed by atoms with Crippen LogP contribution in [0.5, 0.6) is 0 Å². The van der Waals surface area contributed by atoms with Crippen LogP contribution in [0.3, 0.4) is 0 Å². The fraction of sp³-hybridized carbons (Fsp3) is 0.778. The lowest BCUT2D eigenvalue weighted by atomic mass is 10.2. The smallest absolute Gasteiger partial charge is 0.324 e. The van der Waals surface area contributed by atoms with E-state index in [2.05, 4.69) is 0 Å². The zero-order chi connectivity index (χ0) is 10.4. The van der Waals surface area contributed by atoms with Gasteiger partial charge in [0.15, 0.2) is 6.61 Å². The highest BCUT2D eigenvalue weighted by Crippen LogP contribution is 2.04. The third-order valence-corrected chi connectivity index (χ3v) is 2.21. The molecule has 1 unspecified atom stereocenters. The lowest BCUT2D eigenvalue weighted by Crippen LogP contribution is -2.46. The summed E-state index contributed by atoms with van der Waals surface area (Å²) in [5, 5.41) is 8.25. The molecule has 1 aliphatic rings. The molecule has 0 bridgehead atoms. The normalized spacial score (nSPS) is 19.7. The Morgan fingerprint density at radius 2 is 2.29 bits per heavy atom. The van der Waals surface area contributed by atoms with Crippen LogP contribution in [0.4, 0.5) is 0 Å². The van der Waals surface area contributed by atoms with Gasteiger partial charge < -0.3 is 9.47 Å². The summed E-state index contributed by atoms with van der Waals surface area (Å²) in [4.78, 5) is 13.3. The molecule has 1 heterocycles. The van der Waals surface area contributed by atoms with Crippen molar-refractivity contribution in [2.75, 3.05) is 32.9 Å². The largest absolute Gasteiger partial charge is 0.449 e. The van der Waals surface area contributed by atoms with Gasteiger partial charge in [0.25, 0.3) is 0 Å². The average Bonchev–Trinajstić information content (AvgIpc) is 2.26. The predicted molar refractivity (Wildman–Crippen MR) is 48.4 cm³/mol. The summed E-state index contributed by atoms with van der Waals surface area (Å²) in [6.07, 6.45) is 0. The van der Waals surface area contributed by atoms with E-state index >= 15 is 0 Å². The number of esters is 1. The minimum absolute atomic E-state index is 0.173. The number of ether oxygens (including phenoxy) is 2. The van der Waals surface area contributed by atoms with Crippen LogP contribution in [0.2, 0.25) is 0 Å². The molecule has 1 rings (SSSR count). The van der Waals surface area contributed by atoms with Gasteiger partial charge in [0, 0.05) is 13.1 Å². The first-order valence-corrected chi connectivity index (χ1v) is 4.61. The van der Waals surface area contributed by atoms with Crippen LogP contribution in [-0.2, 0) is 14.3 Å².